The summed E-state index contributed by atoms with van der Waals surface area (Å²) in [6.07, 6.45) is 0. The molecule has 0 heterocycles. The van der Waals surface area contributed by atoms with Crippen LogP contribution in [0.5, 0.6) is 0 Å². The molecule has 0 aliphatic heterocycles. The molecule has 1 aromatic rings. The van der Waals surface area contributed by atoms with Crippen molar-refractivity contribution >= 4 is 39.0 Å². The summed E-state index contributed by atoms with van der Waals surface area (Å²) in [5.41, 5.74) is 4.77. The highest BCUT2D eigenvalue weighted by atomic mass is 79.9. The first-order valence-corrected chi connectivity index (χ1v) is 6.16. The van der Waals surface area contributed by atoms with Crippen molar-refractivity contribution in [3.05, 3.63) is 33.8 Å². The van der Waals surface area contributed by atoms with Gasteiger partial charge < -0.3 is 10.6 Å². The summed E-state index contributed by atoms with van der Waals surface area (Å²) in [6, 6.07) is 1.46. The fourth-order valence-corrected chi connectivity index (χ4v) is 1.85. The minimum Gasteiger partial charge on any atom is -0.392 e. The minimum absolute atomic E-state index is 0.0729. The average Bonchev–Trinajstić information content (AvgIpc) is 2.25. The molecule has 2 N–H and O–H groups in total. The lowest BCUT2D eigenvalue weighted by Crippen LogP contribution is -2.43. The van der Waals surface area contributed by atoms with Crippen LogP contribution in [0.3, 0.4) is 0 Å². The summed E-state index contributed by atoms with van der Waals surface area (Å²) >= 11 is 7.68. The van der Waals surface area contributed by atoms with Gasteiger partial charge in [-0.25, -0.2) is 8.78 Å². The van der Waals surface area contributed by atoms with Crippen LogP contribution >= 0.6 is 28.1 Å². The van der Waals surface area contributed by atoms with Crippen molar-refractivity contribution in [3.8, 4) is 0 Å². The molecule has 18 heavy (non-hydrogen) atoms. The third kappa shape index (κ3) is 3.02. The molecule has 1 atom stereocenters. The summed E-state index contributed by atoms with van der Waals surface area (Å²) in [4.78, 5) is 13.1. The zero-order valence-electron chi connectivity index (χ0n) is 9.71. The normalized spacial score (nSPS) is 12.1. The predicted octanol–water partition coefficient (Wildman–Crippen LogP) is 2.47. The Labute approximate surface area is 117 Å². The van der Waals surface area contributed by atoms with Crippen molar-refractivity contribution in [2.24, 2.45) is 5.73 Å². The maximum atomic E-state index is 13.6. The number of hydrogen-bond acceptors (Lipinski definition) is 2. The van der Waals surface area contributed by atoms with E-state index < -0.39 is 29.1 Å². The van der Waals surface area contributed by atoms with Gasteiger partial charge in [-0.15, -0.1) is 0 Å². The van der Waals surface area contributed by atoms with E-state index in [1.807, 2.05) is 0 Å². The molecular weight excluding hydrogens is 326 g/mol. The Hall–Kier alpha value is -1.08. The maximum Gasteiger partial charge on any atom is 0.260 e. The van der Waals surface area contributed by atoms with E-state index in [2.05, 4.69) is 15.9 Å². The van der Waals surface area contributed by atoms with Crippen molar-refractivity contribution in [1.29, 1.82) is 0 Å². The standard InChI is InChI=1S/C11H11BrF2N2OS/c1-5(10(15)18)16(2)11(17)9-7(13)3-6(12)4-8(9)14/h3-5H,1-2H3,(H2,15,18). The molecule has 0 saturated carbocycles. The molecule has 7 heteroatoms. The van der Waals surface area contributed by atoms with Gasteiger partial charge in [-0.2, -0.15) is 0 Å². The Kier molecular flexibility index (Phi) is 4.75. The second kappa shape index (κ2) is 5.71. The third-order valence-corrected chi connectivity index (χ3v) is 3.33. The molecule has 0 aliphatic carbocycles. The number of carbonyl (C=O) groups excluding carboxylic acids is 1. The summed E-state index contributed by atoms with van der Waals surface area (Å²) in [5, 5.41) is 0. The van der Waals surface area contributed by atoms with Crippen LogP contribution < -0.4 is 5.73 Å². The minimum atomic E-state index is -0.936. The molecule has 0 radical (unpaired) electrons. The fraction of sp³-hybridized carbons (Fsp3) is 0.273. The van der Waals surface area contributed by atoms with Gasteiger partial charge in [0.15, 0.2) is 0 Å². The van der Waals surface area contributed by atoms with Crippen molar-refractivity contribution in [2.75, 3.05) is 7.05 Å². The van der Waals surface area contributed by atoms with E-state index in [1.54, 1.807) is 6.92 Å². The summed E-state index contributed by atoms with van der Waals surface area (Å²) in [6.45, 7) is 1.58. The molecule has 0 bridgehead atoms. The van der Waals surface area contributed by atoms with Crippen LogP contribution in [0, 0.1) is 11.6 Å². The molecule has 1 unspecified atom stereocenters. The molecule has 3 nitrogen and oxygen atoms in total. The molecule has 1 aromatic carbocycles. The Morgan fingerprint density at radius 3 is 2.28 bits per heavy atom. The van der Waals surface area contributed by atoms with E-state index in [1.165, 1.54) is 7.05 Å². The lowest BCUT2D eigenvalue weighted by Gasteiger charge is -2.24. The highest BCUT2D eigenvalue weighted by Gasteiger charge is 2.25. The molecule has 0 aromatic heterocycles. The van der Waals surface area contributed by atoms with Crippen LogP contribution in [0.1, 0.15) is 17.3 Å². The number of halogens is 3. The molecule has 0 spiro atoms. The van der Waals surface area contributed by atoms with Gasteiger partial charge in [-0.05, 0) is 19.1 Å². The highest BCUT2D eigenvalue weighted by molar-refractivity contribution is 9.10. The monoisotopic (exact) mass is 336 g/mol. The Balaban J connectivity index is 3.16. The van der Waals surface area contributed by atoms with Crippen molar-refractivity contribution in [1.82, 2.24) is 4.90 Å². The van der Waals surface area contributed by atoms with E-state index in [0.29, 0.717) is 0 Å². The van der Waals surface area contributed by atoms with Gasteiger partial charge >= 0.3 is 0 Å². The number of thiocarbonyl (C=S) groups is 1. The fourth-order valence-electron chi connectivity index (χ4n) is 1.29. The number of amides is 1. The first-order valence-electron chi connectivity index (χ1n) is 4.96. The number of hydrogen-bond donors (Lipinski definition) is 1. The first kappa shape index (κ1) is 15.0. The lowest BCUT2D eigenvalue weighted by atomic mass is 10.1. The maximum absolute atomic E-state index is 13.6. The van der Waals surface area contributed by atoms with Crippen LogP contribution in [0.2, 0.25) is 0 Å². The van der Waals surface area contributed by atoms with E-state index in [-0.39, 0.29) is 9.46 Å². The third-order valence-electron chi connectivity index (χ3n) is 2.53. The smallest absolute Gasteiger partial charge is 0.260 e. The zero-order chi connectivity index (χ0) is 14.0. The summed E-state index contributed by atoms with van der Waals surface area (Å²) in [5.74, 6) is -2.68. The van der Waals surface area contributed by atoms with E-state index in [0.717, 1.165) is 17.0 Å². The van der Waals surface area contributed by atoms with Crippen molar-refractivity contribution < 1.29 is 13.6 Å². The SMILES string of the molecule is CC(C(N)=S)N(C)C(=O)c1c(F)cc(Br)cc1F. The predicted molar refractivity (Wildman–Crippen MR) is 72.4 cm³/mol. The molecular formula is C11H11BrF2N2OS. The first-order chi connectivity index (χ1) is 8.25. The van der Waals surface area contributed by atoms with Crippen LogP contribution in [-0.4, -0.2) is 28.9 Å². The Morgan fingerprint density at radius 2 is 1.89 bits per heavy atom. The topological polar surface area (TPSA) is 46.3 Å². The van der Waals surface area contributed by atoms with Crippen LogP contribution in [0.15, 0.2) is 16.6 Å². The number of carbonyl (C=O) groups is 1. The summed E-state index contributed by atoms with van der Waals surface area (Å²) < 4.78 is 27.4. The highest BCUT2D eigenvalue weighted by Crippen LogP contribution is 2.21. The molecule has 0 aliphatic rings. The quantitative estimate of drug-likeness (QED) is 0.862. The number of likely N-dealkylation sites (N-methyl/N-ethyl adjacent to an activating group) is 1. The van der Waals surface area contributed by atoms with Gasteiger partial charge in [0.2, 0.25) is 0 Å². The lowest BCUT2D eigenvalue weighted by molar-refractivity contribution is 0.0769. The molecule has 98 valence electrons. The van der Waals surface area contributed by atoms with E-state index >= 15 is 0 Å². The molecule has 0 saturated heterocycles. The van der Waals surface area contributed by atoms with E-state index in [4.69, 9.17) is 18.0 Å². The van der Waals surface area contributed by atoms with Gasteiger partial charge in [-0.1, -0.05) is 28.1 Å². The zero-order valence-corrected chi connectivity index (χ0v) is 12.1. The van der Waals surface area contributed by atoms with Crippen LogP contribution in [-0.2, 0) is 0 Å². The number of benzene rings is 1. The second-order valence-corrected chi connectivity index (χ2v) is 5.13. The van der Waals surface area contributed by atoms with Gasteiger partial charge in [0.25, 0.3) is 5.91 Å². The number of rotatable bonds is 3. The summed E-state index contributed by atoms with van der Waals surface area (Å²) in [7, 11) is 1.38. The second-order valence-electron chi connectivity index (χ2n) is 3.74. The van der Waals surface area contributed by atoms with Crippen LogP contribution in [0.25, 0.3) is 0 Å². The molecule has 1 amide bonds. The largest absolute Gasteiger partial charge is 0.392 e. The Bertz CT molecular complexity index is 487. The molecule has 0 fully saturated rings. The van der Waals surface area contributed by atoms with Gasteiger partial charge in [0.05, 0.1) is 11.0 Å². The van der Waals surface area contributed by atoms with Gasteiger partial charge in [0.1, 0.15) is 17.2 Å². The van der Waals surface area contributed by atoms with Crippen molar-refractivity contribution in [3.63, 3.8) is 0 Å². The number of nitrogens with two attached hydrogens (primary N) is 1. The van der Waals surface area contributed by atoms with Gasteiger partial charge in [0, 0.05) is 11.5 Å². The average molecular weight is 337 g/mol. The van der Waals surface area contributed by atoms with Crippen LogP contribution in [0.4, 0.5) is 8.78 Å². The number of nitrogens with zero attached hydrogens (tertiary/aromatic N) is 1. The van der Waals surface area contributed by atoms with Gasteiger partial charge in [-0.3, -0.25) is 4.79 Å². The molecule has 1 rings (SSSR count). The van der Waals surface area contributed by atoms with E-state index in [9.17, 15) is 13.6 Å². The Morgan fingerprint density at radius 1 is 1.44 bits per heavy atom. The van der Waals surface area contributed by atoms with Crippen molar-refractivity contribution in [2.45, 2.75) is 13.0 Å².